The first-order valence-corrected chi connectivity index (χ1v) is 10.2. The molecule has 7 heteroatoms. The zero-order chi connectivity index (χ0) is 20.9. The van der Waals surface area contributed by atoms with Gasteiger partial charge in [0.25, 0.3) is 5.56 Å². The van der Waals surface area contributed by atoms with Crippen molar-refractivity contribution in [3.63, 3.8) is 0 Å². The second kappa shape index (κ2) is 8.75. The number of hydrogen-bond donors (Lipinski definition) is 1. The lowest BCUT2D eigenvalue weighted by molar-refractivity contribution is -0.117. The number of carbonyl (C=O) groups is 1. The van der Waals surface area contributed by atoms with E-state index in [9.17, 15) is 9.59 Å². The predicted molar refractivity (Wildman–Crippen MR) is 118 cm³/mol. The van der Waals surface area contributed by atoms with Crippen molar-refractivity contribution >= 4 is 22.9 Å². The number of aryl methyl sites for hydroxylation is 1. The summed E-state index contributed by atoms with van der Waals surface area (Å²) in [5, 5.41) is 7.16. The van der Waals surface area contributed by atoms with E-state index in [1.807, 2.05) is 55.5 Å². The van der Waals surface area contributed by atoms with Crippen molar-refractivity contribution < 1.29 is 9.53 Å². The fourth-order valence-corrected chi connectivity index (χ4v) is 3.70. The number of ether oxygens (including phenoxy) is 1. The number of aromatic nitrogens is 2. The molecule has 30 heavy (non-hydrogen) atoms. The molecule has 1 amide bonds. The average Bonchev–Trinajstić information content (AvgIpc) is 3.18. The van der Waals surface area contributed by atoms with Gasteiger partial charge in [0, 0.05) is 10.9 Å². The molecule has 0 unspecified atom stereocenters. The van der Waals surface area contributed by atoms with Crippen LogP contribution < -0.4 is 15.6 Å². The maximum Gasteiger partial charge on any atom is 0.267 e. The van der Waals surface area contributed by atoms with Crippen LogP contribution in [-0.4, -0.2) is 15.7 Å². The summed E-state index contributed by atoms with van der Waals surface area (Å²) < 4.78 is 7.03. The number of nitrogens with one attached hydrogen (secondary N) is 1. The molecule has 2 aromatic carbocycles. The lowest BCUT2D eigenvalue weighted by Gasteiger charge is -2.12. The largest absolute Gasteiger partial charge is 0.455 e. The molecule has 0 bridgehead atoms. The Hall–Kier alpha value is -3.71. The van der Waals surface area contributed by atoms with E-state index in [1.165, 1.54) is 10.7 Å². The average molecular weight is 417 g/mol. The van der Waals surface area contributed by atoms with Crippen LogP contribution in [0.4, 0.5) is 5.69 Å². The maximum absolute atomic E-state index is 12.6. The topological polar surface area (TPSA) is 73.2 Å². The number of nitrogens with zero attached hydrogens (tertiary/aromatic N) is 2. The molecule has 4 rings (SSSR count). The van der Waals surface area contributed by atoms with Crippen molar-refractivity contribution in [3.05, 3.63) is 94.1 Å². The molecule has 2 aromatic heterocycles. The zero-order valence-corrected chi connectivity index (χ0v) is 17.1. The molecule has 0 saturated carbocycles. The molecule has 0 radical (unpaired) electrons. The van der Waals surface area contributed by atoms with Gasteiger partial charge in [-0.1, -0.05) is 30.3 Å². The molecule has 0 aliphatic heterocycles. The second-order valence-corrected chi connectivity index (χ2v) is 7.87. The summed E-state index contributed by atoms with van der Waals surface area (Å²) >= 11 is 1.58. The molecule has 4 aromatic rings. The standard InChI is InChI=1S/C23H19N3O3S/c1-16-11-13-21(30-16)19-12-14-23(28)26(25-19)15-22(27)24-18-9-5-6-10-20(18)29-17-7-3-2-4-8-17/h2-14H,15H2,1H3,(H,24,27). The van der Waals surface area contributed by atoms with E-state index in [4.69, 9.17) is 4.74 Å². The number of amides is 1. The molecular weight excluding hydrogens is 398 g/mol. The van der Waals surface area contributed by atoms with E-state index in [2.05, 4.69) is 10.4 Å². The number of thiophene rings is 1. The third kappa shape index (κ3) is 4.64. The fourth-order valence-electron chi connectivity index (χ4n) is 2.87. The summed E-state index contributed by atoms with van der Waals surface area (Å²) in [5.74, 6) is 0.810. The summed E-state index contributed by atoms with van der Waals surface area (Å²) in [6.07, 6.45) is 0. The molecule has 1 N–H and O–H groups in total. The van der Waals surface area contributed by atoms with Gasteiger partial charge in [0.15, 0.2) is 5.75 Å². The maximum atomic E-state index is 12.6. The van der Waals surface area contributed by atoms with Gasteiger partial charge >= 0.3 is 0 Å². The van der Waals surface area contributed by atoms with Gasteiger partial charge in [-0.3, -0.25) is 9.59 Å². The van der Waals surface area contributed by atoms with Crippen molar-refractivity contribution in [2.24, 2.45) is 0 Å². The third-order valence-electron chi connectivity index (χ3n) is 4.28. The highest BCUT2D eigenvalue weighted by molar-refractivity contribution is 7.15. The van der Waals surface area contributed by atoms with E-state index in [0.717, 1.165) is 9.75 Å². The number of para-hydroxylation sites is 3. The first-order chi connectivity index (χ1) is 14.6. The van der Waals surface area contributed by atoms with Crippen molar-refractivity contribution in [1.82, 2.24) is 9.78 Å². The lowest BCUT2D eigenvalue weighted by atomic mass is 10.3. The Morgan fingerprint density at radius 2 is 1.77 bits per heavy atom. The van der Waals surface area contributed by atoms with Crippen molar-refractivity contribution in [3.8, 4) is 22.1 Å². The van der Waals surface area contributed by atoms with E-state index in [0.29, 0.717) is 22.9 Å². The van der Waals surface area contributed by atoms with Gasteiger partial charge in [-0.15, -0.1) is 11.3 Å². The van der Waals surface area contributed by atoms with Gasteiger partial charge in [0.2, 0.25) is 5.91 Å². The number of benzene rings is 2. The highest BCUT2D eigenvalue weighted by Crippen LogP contribution is 2.29. The van der Waals surface area contributed by atoms with Crippen LogP contribution in [0.1, 0.15) is 4.88 Å². The van der Waals surface area contributed by atoms with Crippen molar-refractivity contribution in [2.75, 3.05) is 5.32 Å². The molecule has 0 aliphatic carbocycles. The monoisotopic (exact) mass is 417 g/mol. The van der Waals surface area contributed by atoms with E-state index < -0.39 is 0 Å². The molecule has 0 atom stereocenters. The summed E-state index contributed by atoms with van der Waals surface area (Å²) in [7, 11) is 0. The lowest BCUT2D eigenvalue weighted by Crippen LogP contribution is -2.29. The quantitative estimate of drug-likeness (QED) is 0.493. The normalized spacial score (nSPS) is 10.6. The van der Waals surface area contributed by atoms with Gasteiger partial charge in [-0.2, -0.15) is 5.10 Å². The third-order valence-corrected chi connectivity index (χ3v) is 5.31. The Balaban J connectivity index is 1.51. The SMILES string of the molecule is Cc1ccc(-c2ccc(=O)n(CC(=O)Nc3ccccc3Oc3ccccc3)n2)s1. The minimum atomic E-state index is -0.367. The van der Waals surface area contributed by atoms with Crippen LogP contribution >= 0.6 is 11.3 Å². The highest BCUT2D eigenvalue weighted by atomic mass is 32.1. The molecule has 0 saturated heterocycles. The Bertz CT molecular complexity index is 1230. The number of carbonyl (C=O) groups excluding carboxylic acids is 1. The smallest absolute Gasteiger partial charge is 0.267 e. The number of rotatable bonds is 6. The fraction of sp³-hybridized carbons (Fsp3) is 0.0870. The van der Waals surface area contributed by atoms with E-state index in [1.54, 1.807) is 35.6 Å². The van der Waals surface area contributed by atoms with Crippen LogP contribution in [-0.2, 0) is 11.3 Å². The first kappa shape index (κ1) is 19.6. The molecular formula is C23H19N3O3S. The van der Waals surface area contributed by atoms with Gasteiger partial charge in [0.05, 0.1) is 10.6 Å². The molecule has 6 nitrogen and oxygen atoms in total. The van der Waals surface area contributed by atoms with Gasteiger partial charge in [-0.05, 0) is 49.4 Å². The van der Waals surface area contributed by atoms with Crippen LogP contribution in [0, 0.1) is 6.92 Å². The molecule has 0 aliphatic rings. The van der Waals surface area contributed by atoms with Crippen molar-refractivity contribution in [2.45, 2.75) is 13.5 Å². The molecule has 0 fully saturated rings. The van der Waals surface area contributed by atoms with Crippen LogP contribution in [0.2, 0.25) is 0 Å². The number of anilines is 1. The van der Waals surface area contributed by atoms with Crippen LogP contribution in [0.3, 0.4) is 0 Å². The Morgan fingerprint density at radius 1 is 1.00 bits per heavy atom. The van der Waals surface area contributed by atoms with E-state index in [-0.39, 0.29) is 18.0 Å². The predicted octanol–water partition coefficient (Wildman–Crippen LogP) is 4.71. The molecule has 2 heterocycles. The molecule has 150 valence electrons. The highest BCUT2D eigenvalue weighted by Gasteiger charge is 2.12. The second-order valence-electron chi connectivity index (χ2n) is 6.58. The molecule has 0 spiro atoms. The minimum absolute atomic E-state index is 0.198. The van der Waals surface area contributed by atoms with E-state index >= 15 is 0 Å². The van der Waals surface area contributed by atoms with Crippen LogP contribution in [0.15, 0.2) is 83.7 Å². The Kier molecular flexibility index (Phi) is 5.72. The van der Waals surface area contributed by atoms with Crippen LogP contribution in [0.25, 0.3) is 10.6 Å². The zero-order valence-electron chi connectivity index (χ0n) is 16.2. The van der Waals surface area contributed by atoms with Crippen molar-refractivity contribution in [1.29, 1.82) is 0 Å². The Labute approximate surface area is 177 Å². The Morgan fingerprint density at radius 3 is 2.53 bits per heavy atom. The summed E-state index contributed by atoms with van der Waals surface area (Å²) in [6, 6.07) is 23.5. The minimum Gasteiger partial charge on any atom is -0.455 e. The van der Waals surface area contributed by atoms with Gasteiger partial charge in [0.1, 0.15) is 18.0 Å². The summed E-state index contributed by atoms with van der Waals surface area (Å²) in [5.41, 5.74) is 0.841. The van der Waals surface area contributed by atoms with Gasteiger partial charge < -0.3 is 10.1 Å². The van der Waals surface area contributed by atoms with Crippen LogP contribution in [0.5, 0.6) is 11.5 Å². The van der Waals surface area contributed by atoms with Gasteiger partial charge in [-0.25, -0.2) is 4.68 Å². The summed E-state index contributed by atoms with van der Waals surface area (Å²) in [6.45, 7) is 1.81. The first-order valence-electron chi connectivity index (χ1n) is 9.35. The number of hydrogen-bond acceptors (Lipinski definition) is 5. The summed E-state index contributed by atoms with van der Waals surface area (Å²) in [4.78, 5) is 26.9.